The lowest BCUT2D eigenvalue weighted by Gasteiger charge is -2.50. The molecule has 21 heteroatoms. The van der Waals surface area contributed by atoms with Gasteiger partial charge in [-0.2, -0.15) is 0 Å². The second-order valence-electron chi connectivity index (χ2n) is 13.5. The smallest absolute Gasteiger partial charge is 0.301 e. The first-order valence-electron chi connectivity index (χ1n) is 16.0. The van der Waals surface area contributed by atoms with E-state index < -0.39 is 137 Å². The highest BCUT2D eigenvalue weighted by Gasteiger charge is 2.77. The Morgan fingerprint density at radius 3 is 1.91 bits per heavy atom. The van der Waals surface area contributed by atoms with E-state index in [-0.39, 0.29) is 22.5 Å². The van der Waals surface area contributed by atoms with E-state index in [4.69, 9.17) is 23.2 Å². The van der Waals surface area contributed by atoms with Crippen molar-refractivity contribution >= 4 is 75.3 Å². The first-order valence-corrected chi connectivity index (χ1v) is 16.7. The number of halogens is 7. The standard InChI is InChI=1S/C34H22Cl2F5N5O9/c1-42(2)27-18(45(52)53)9-13(10-19(27)46(54)55)43-29(48)16-7-6-15-17(20(16)30(43)49)11-33(35)31(50)44(28-25(40)23(38)22(37)24(39)26(28)41)32(51)34(33,36)21(15)12-4-3-5-14(47)8-12/h3-6,8-10,16-17,20-21,47H,7,11H2,1-2H3. The van der Waals surface area contributed by atoms with Gasteiger partial charge in [0.25, 0.3) is 11.8 Å². The molecular formula is C34H22Cl2F5N5O9. The summed E-state index contributed by atoms with van der Waals surface area (Å²) in [4.78, 5) is 74.9. The summed E-state index contributed by atoms with van der Waals surface area (Å²) >= 11 is 14.1. The highest BCUT2D eigenvalue weighted by atomic mass is 35.5. The van der Waals surface area contributed by atoms with E-state index in [2.05, 4.69) is 0 Å². The Bertz CT molecular complexity index is 2320. The number of carbonyl (C=O) groups is 4. The molecule has 0 aromatic heterocycles. The number of benzene rings is 3. The first kappa shape index (κ1) is 37.6. The van der Waals surface area contributed by atoms with Crippen LogP contribution in [0.4, 0.5) is 50.4 Å². The molecule has 55 heavy (non-hydrogen) atoms. The van der Waals surface area contributed by atoms with Crippen molar-refractivity contribution in [3.8, 4) is 5.75 Å². The summed E-state index contributed by atoms with van der Waals surface area (Å²) < 4.78 is 73.4. The Balaban J connectivity index is 1.41. The maximum atomic E-state index is 15.2. The average Bonchev–Trinajstić information content (AvgIpc) is 3.47. The van der Waals surface area contributed by atoms with Crippen molar-refractivity contribution in [2.24, 2.45) is 17.8 Å². The van der Waals surface area contributed by atoms with E-state index >= 15 is 8.78 Å². The number of imide groups is 2. The number of hydrogen-bond donors (Lipinski definition) is 1. The Morgan fingerprint density at radius 1 is 0.818 bits per heavy atom. The SMILES string of the molecule is CN(C)c1c([N+](=O)[O-])cc(N2C(=O)C3CC=C4C(CC5(Cl)C(=O)N(c6c(F)c(F)c(F)c(F)c6F)C(=O)C5(Cl)C4c4cccc(O)c4)C3C2=O)cc1[N+](=O)[O-]. The lowest BCUT2D eigenvalue weighted by Crippen LogP contribution is -2.60. The number of anilines is 3. The number of alkyl halides is 2. The minimum absolute atomic E-state index is 0.0472. The lowest BCUT2D eigenvalue weighted by molar-refractivity contribution is -0.392. The molecule has 3 fully saturated rings. The van der Waals surface area contributed by atoms with Gasteiger partial charge in [-0.05, 0) is 36.5 Å². The molecule has 3 aromatic rings. The van der Waals surface area contributed by atoms with Crippen LogP contribution in [0.1, 0.15) is 24.3 Å². The Morgan fingerprint density at radius 2 is 1.38 bits per heavy atom. The van der Waals surface area contributed by atoms with Crippen LogP contribution in [-0.2, 0) is 19.2 Å². The van der Waals surface area contributed by atoms with Gasteiger partial charge in [0.05, 0.1) is 27.4 Å². The number of phenols is 1. The predicted molar refractivity (Wildman–Crippen MR) is 181 cm³/mol. The van der Waals surface area contributed by atoms with Crippen LogP contribution < -0.4 is 14.7 Å². The number of aromatic hydroxyl groups is 1. The van der Waals surface area contributed by atoms with Gasteiger partial charge in [-0.25, -0.2) is 31.8 Å². The van der Waals surface area contributed by atoms with E-state index in [9.17, 15) is 57.7 Å². The van der Waals surface area contributed by atoms with Gasteiger partial charge in [0.15, 0.2) is 38.7 Å². The fraction of sp³-hybridized carbons (Fsp3) is 0.294. The van der Waals surface area contributed by atoms with Crippen LogP contribution in [0.15, 0.2) is 48.0 Å². The third-order valence-electron chi connectivity index (χ3n) is 10.6. The molecule has 3 aromatic carbocycles. The molecule has 1 N–H and O–H groups in total. The van der Waals surface area contributed by atoms with Crippen molar-refractivity contribution in [1.29, 1.82) is 0 Å². The van der Waals surface area contributed by atoms with Crippen molar-refractivity contribution in [2.45, 2.75) is 28.5 Å². The minimum Gasteiger partial charge on any atom is -0.508 e. The van der Waals surface area contributed by atoms with Gasteiger partial charge in [0.2, 0.25) is 17.6 Å². The van der Waals surface area contributed by atoms with E-state index in [1.165, 1.54) is 38.4 Å². The van der Waals surface area contributed by atoms with Gasteiger partial charge in [0.1, 0.15) is 11.4 Å². The quantitative estimate of drug-likeness (QED) is 0.0471. The molecular weight excluding hydrogens is 788 g/mol. The number of hydrogen-bond acceptors (Lipinski definition) is 10. The second-order valence-corrected chi connectivity index (χ2v) is 14.8. The second kappa shape index (κ2) is 12.4. The molecule has 2 aliphatic carbocycles. The van der Waals surface area contributed by atoms with E-state index in [1.54, 1.807) is 0 Å². The van der Waals surface area contributed by atoms with Crippen molar-refractivity contribution in [3.05, 3.63) is 103 Å². The molecule has 2 saturated heterocycles. The number of nitrogens with zero attached hydrogens (tertiary/aromatic N) is 5. The molecule has 286 valence electrons. The van der Waals surface area contributed by atoms with Crippen LogP contribution in [0.25, 0.3) is 0 Å². The summed E-state index contributed by atoms with van der Waals surface area (Å²) in [5.41, 5.74) is -4.55. The molecule has 6 unspecified atom stereocenters. The number of allylic oxidation sites excluding steroid dienone is 2. The van der Waals surface area contributed by atoms with Crippen LogP contribution in [0, 0.1) is 67.1 Å². The number of nitro groups is 2. The average molecular weight is 810 g/mol. The van der Waals surface area contributed by atoms with E-state index in [0.717, 1.165) is 23.1 Å². The summed E-state index contributed by atoms with van der Waals surface area (Å²) in [5.74, 6) is -24.4. The Kier molecular flexibility index (Phi) is 8.49. The topological polar surface area (TPSA) is 185 Å². The van der Waals surface area contributed by atoms with Crippen LogP contribution in [0.2, 0.25) is 0 Å². The molecule has 14 nitrogen and oxygen atoms in total. The van der Waals surface area contributed by atoms with Crippen molar-refractivity contribution in [1.82, 2.24) is 0 Å². The zero-order chi connectivity index (χ0) is 40.4. The van der Waals surface area contributed by atoms with Gasteiger partial charge in [0, 0.05) is 32.1 Å². The van der Waals surface area contributed by atoms with Gasteiger partial charge in [-0.1, -0.05) is 23.8 Å². The molecule has 2 heterocycles. The predicted octanol–water partition coefficient (Wildman–Crippen LogP) is 5.74. The summed E-state index contributed by atoms with van der Waals surface area (Å²) in [6.45, 7) is 0. The maximum absolute atomic E-state index is 15.2. The normalized spacial score (nSPS) is 27.2. The molecule has 4 amide bonds. The highest BCUT2D eigenvalue weighted by molar-refractivity contribution is 6.58. The molecule has 0 radical (unpaired) electrons. The summed E-state index contributed by atoms with van der Waals surface area (Å²) in [6, 6.07) is 6.52. The molecule has 4 aliphatic rings. The number of amides is 4. The molecule has 1 saturated carbocycles. The van der Waals surface area contributed by atoms with Crippen LogP contribution in [0.5, 0.6) is 5.75 Å². The van der Waals surface area contributed by atoms with Crippen molar-refractivity contribution in [2.75, 3.05) is 28.8 Å². The van der Waals surface area contributed by atoms with Gasteiger partial charge >= 0.3 is 11.4 Å². The van der Waals surface area contributed by atoms with Crippen LogP contribution in [0.3, 0.4) is 0 Å². The molecule has 0 spiro atoms. The molecule has 2 aliphatic heterocycles. The number of phenolic OH excluding ortho intramolecular Hbond substituents is 1. The van der Waals surface area contributed by atoms with Crippen molar-refractivity contribution in [3.63, 3.8) is 0 Å². The molecule has 0 bridgehead atoms. The van der Waals surface area contributed by atoms with Gasteiger partial charge in [-0.15, -0.1) is 23.2 Å². The summed E-state index contributed by atoms with van der Waals surface area (Å²) in [6.07, 6.45) is 0.275. The molecule has 6 atom stereocenters. The lowest BCUT2D eigenvalue weighted by atomic mass is 9.56. The third kappa shape index (κ3) is 4.91. The Labute approximate surface area is 314 Å². The van der Waals surface area contributed by atoms with Gasteiger partial charge in [-0.3, -0.25) is 39.4 Å². The van der Waals surface area contributed by atoms with Gasteiger partial charge < -0.3 is 10.0 Å². The first-order chi connectivity index (χ1) is 25.7. The van der Waals surface area contributed by atoms with Crippen LogP contribution in [-0.4, -0.2) is 62.4 Å². The number of rotatable bonds is 6. The Hall–Kier alpha value is -5.69. The fourth-order valence-corrected chi connectivity index (χ4v) is 9.29. The minimum atomic E-state index is -2.84. The zero-order valence-electron chi connectivity index (χ0n) is 27.9. The number of nitro benzene ring substituents is 2. The van der Waals surface area contributed by atoms with E-state index in [0.29, 0.717) is 4.90 Å². The maximum Gasteiger partial charge on any atom is 0.301 e. The third-order valence-corrected chi connectivity index (χ3v) is 12.0. The number of carbonyl (C=O) groups excluding carboxylic acids is 4. The number of fused-ring (bicyclic) bond motifs is 4. The molecule has 7 rings (SSSR count). The summed E-state index contributed by atoms with van der Waals surface area (Å²) in [7, 11) is 2.60. The summed E-state index contributed by atoms with van der Waals surface area (Å²) in [5, 5.41) is 34.5. The van der Waals surface area contributed by atoms with Crippen molar-refractivity contribution < 1.29 is 56.1 Å². The zero-order valence-corrected chi connectivity index (χ0v) is 29.4. The van der Waals surface area contributed by atoms with E-state index in [1.807, 2.05) is 0 Å². The fourth-order valence-electron chi connectivity index (χ4n) is 8.35. The van der Waals surface area contributed by atoms with Crippen LogP contribution >= 0.6 is 23.2 Å². The highest BCUT2D eigenvalue weighted by Crippen LogP contribution is 2.66. The largest absolute Gasteiger partial charge is 0.508 e. The monoisotopic (exact) mass is 809 g/mol.